The molecule has 0 saturated heterocycles. The molecule has 0 bridgehead atoms. The van der Waals surface area contributed by atoms with Crippen molar-refractivity contribution in [2.75, 3.05) is 0 Å². The molecule has 0 aromatic carbocycles. The van der Waals surface area contributed by atoms with Crippen LogP contribution >= 0.6 is 0 Å². The highest BCUT2D eigenvalue weighted by Crippen LogP contribution is 2.18. The highest BCUT2D eigenvalue weighted by molar-refractivity contribution is 5.88. The summed E-state index contributed by atoms with van der Waals surface area (Å²) in [5.74, 6) is -1.39. The predicted octanol–water partition coefficient (Wildman–Crippen LogP) is -0.140. The van der Waals surface area contributed by atoms with Gasteiger partial charge in [0.15, 0.2) is 11.3 Å². The molecule has 0 aliphatic carbocycles. The second-order valence-electron chi connectivity index (χ2n) is 3.26. The lowest BCUT2D eigenvalue weighted by Crippen LogP contribution is -2.31. The van der Waals surface area contributed by atoms with Crippen LogP contribution in [0.4, 0.5) is 0 Å². The summed E-state index contributed by atoms with van der Waals surface area (Å²) in [5, 5.41) is 10.6. The molecule has 4 N–H and O–H groups in total. The average molecular weight is 186 g/mol. The quantitative estimate of drug-likeness (QED) is 0.595. The molecule has 6 heteroatoms. The van der Waals surface area contributed by atoms with Crippen LogP contribution in [0.2, 0.25) is 0 Å². The Morgan fingerprint density at radius 1 is 1.62 bits per heavy atom. The maximum atomic E-state index is 10.9. The fraction of sp³-hybridized carbons (Fsp3) is 0.429. The lowest BCUT2D eigenvalue weighted by atomic mass is 10.00. The van der Waals surface area contributed by atoms with E-state index in [1.807, 2.05) is 5.16 Å². The van der Waals surface area contributed by atoms with E-state index in [4.69, 9.17) is 10.8 Å². The highest BCUT2D eigenvalue weighted by Gasteiger charge is 2.29. The molecule has 72 valence electrons. The van der Waals surface area contributed by atoms with Crippen LogP contribution in [-0.4, -0.2) is 16.2 Å². The summed E-state index contributed by atoms with van der Waals surface area (Å²) in [4.78, 5) is 21.6. The van der Waals surface area contributed by atoms with Gasteiger partial charge in [-0.05, 0) is 13.8 Å². The molecule has 6 nitrogen and oxygen atoms in total. The van der Waals surface area contributed by atoms with Crippen molar-refractivity contribution in [2.45, 2.75) is 19.4 Å². The van der Waals surface area contributed by atoms with E-state index in [-0.39, 0.29) is 5.76 Å². The van der Waals surface area contributed by atoms with E-state index in [0.717, 1.165) is 0 Å². The maximum Gasteiger partial charge on any atom is 0.345 e. The third kappa shape index (κ3) is 1.62. The Morgan fingerprint density at radius 2 is 2.15 bits per heavy atom. The van der Waals surface area contributed by atoms with Crippen molar-refractivity contribution < 1.29 is 14.4 Å². The lowest BCUT2D eigenvalue weighted by Gasteiger charge is -2.14. The zero-order valence-electron chi connectivity index (χ0n) is 7.25. The van der Waals surface area contributed by atoms with Gasteiger partial charge in [0.25, 0.3) is 5.56 Å². The van der Waals surface area contributed by atoms with Crippen molar-refractivity contribution in [2.24, 2.45) is 5.73 Å². The summed E-state index contributed by atoms with van der Waals surface area (Å²) < 4.78 is 4.68. The number of hydrogen-bond acceptors (Lipinski definition) is 4. The molecule has 1 heterocycles. The number of nitrogens with two attached hydrogens (primary N) is 1. The molecular weight excluding hydrogens is 176 g/mol. The monoisotopic (exact) mass is 186 g/mol. The standard InChI is InChI=1S/C7H10N2O4/c1-7(2,8)4-3(6(11)12)5(10)9-13-4/h8H2,1-2H3,(H,9,10)(H,11,12). The minimum absolute atomic E-state index is 0.0509. The second-order valence-corrected chi connectivity index (χ2v) is 3.26. The third-order valence-corrected chi connectivity index (χ3v) is 1.50. The summed E-state index contributed by atoms with van der Waals surface area (Å²) in [5.41, 5.74) is 3.39. The van der Waals surface area contributed by atoms with Crippen LogP contribution in [0.5, 0.6) is 0 Å². The molecule has 1 aromatic rings. The topological polar surface area (TPSA) is 109 Å². The fourth-order valence-corrected chi connectivity index (χ4v) is 0.950. The van der Waals surface area contributed by atoms with E-state index < -0.39 is 22.6 Å². The first-order chi connectivity index (χ1) is 5.84. The van der Waals surface area contributed by atoms with Gasteiger partial charge in [0.1, 0.15) is 0 Å². The van der Waals surface area contributed by atoms with Crippen LogP contribution in [0.15, 0.2) is 9.32 Å². The Bertz CT molecular complexity index is 382. The molecule has 0 atom stereocenters. The van der Waals surface area contributed by atoms with Crippen LogP contribution < -0.4 is 11.3 Å². The van der Waals surface area contributed by atoms with Crippen LogP contribution in [-0.2, 0) is 5.54 Å². The Kier molecular flexibility index (Phi) is 2.01. The smallest absolute Gasteiger partial charge is 0.345 e. The molecule has 0 aliphatic heterocycles. The van der Waals surface area contributed by atoms with E-state index in [1.54, 1.807) is 13.8 Å². The van der Waals surface area contributed by atoms with E-state index in [9.17, 15) is 9.59 Å². The Balaban J connectivity index is 3.40. The molecular formula is C7H10N2O4. The van der Waals surface area contributed by atoms with E-state index >= 15 is 0 Å². The summed E-state index contributed by atoms with van der Waals surface area (Å²) in [7, 11) is 0. The number of aromatic amines is 1. The van der Waals surface area contributed by atoms with Gasteiger partial charge >= 0.3 is 5.97 Å². The molecule has 0 amide bonds. The van der Waals surface area contributed by atoms with Gasteiger partial charge in [0.05, 0.1) is 5.54 Å². The SMILES string of the molecule is CC(C)(N)c1o[nH]c(=O)c1C(=O)O. The lowest BCUT2D eigenvalue weighted by molar-refractivity contribution is 0.0690. The van der Waals surface area contributed by atoms with Gasteiger partial charge in [-0.15, -0.1) is 0 Å². The van der Waals surface area contributed by atoms with Gasteiger partial charge in [-0.2, -0.15) is 5.16 Å². The minimum atomic E-state index is -1.34. The highest BCUT2D eigenvalue weighted by atomic mass is 16.5. The van der Waals surface area contributed by atoms with Crippen molar-refractivity contribution in [3.63, 3.8) is 0 Å². The molecule has 0 saturated carbocycles. The summed E-state index contributed by atoms with van der Waals surface area (Å²) >= 11 is 0. The number of rotatable bonds is 2. The zero-order chi connectivity index (χ0) is 10.2. The summed E-state index contributed by atoms with van der Waals surface area (Å²) in [6.07, 6.45) is 0. The largest absolute Gasteiger partial charge is 0.477 e. The number of aromatic carboxylic acids is 1. The summed E-state index contributed by atoms with van der Waals surface area (Å²) in [6, 6.07) is 0. The van der Waals surface area contributed by atoms with Gasteiger partial charge in [0, 0.05) is 0 Å². The molecule has 13 heavy (non-hydrogen) atoms. The molecule has 0 unspecified atom stereocenters. The van der Waals surface area contributed by atoms with Gasteiger partial charge in [-0.3, -0.25) is 4.79 Å². The Hall–Kier alpha value is -1.56. The Morgan fingerprint density at radius 3 is 2.46 bits per heavy atom. The number of aromatic nitrogens is 1. The van der Waals surface area contributed by atoms with Crippen LogP contribution in [0.1, 0.15) is 30.0 Å². The predicted molar refractivity (Wildman–Crippen MR) is 43.5 cm³/mol. The molecule has 1 rings (SSSR count). The number of nitrogens with one attached hydrogen (secondary N) is 1. The normalized spacial score (nSPS) is 11.6. The molecule has 1 aromatic heterocycles. The second kappa shape index (κ2) is 2.74. The van der Waals surface area contributed by atoms with Gasteiger partial charge in [-0.1, -0.05) is 0 Å². The number of H-pyrrole nitrogens is 1. The average Bonchev–Trinajstić information content (AvgIpc) is 2.28. The fourth-order valence-electron chi connectivity index (χ4n) is 0.950. The first-order valence-corrected chi connectivity index (χ1v) is 3.58. The van der Waals surface area contributed by atoms with Crippen LogP contribution in [0.3, 0.4) is 0 Å². The third-order valence-electron chi connectivity index (χ3n) is 1.50. The first-order valence-electron chi connectivity index (χ1n) is 3.58. The van der Waals surface area contributed by atoms with Crippen molar-refractivity contribution >= 4 is 5.97 Å². The molecule has 0 spiro atoms. The maximum absolute atomic E-state index is 10.9. The van der Waals surface area contributed by atoms with Crippen LogP contribution in [0, 0.1) is 0 Å². The summed E-state index contributed by atoms with van der Waals surface area (Å²) in [6.45, 7) is 3.09. The van der Waals surface area contributed by atoms with E-state index in [1.165, 1.54) is 0 Å². The molecule has 0 aliphatic rings. The number of carboxylic acids is 1. The number of hydrogen-bond donors (Lipinski definition) is 3. The van der Waals surface area contributed by atoms with Crippen molar-refractivity contribution in [1.82, 2.24) is 5.16 Å². The van der Waals surface area contributed by atoms with Gasteiger partial charge in [-0.25, -0.2) is 4.79 Å². The van der Waals surface area contributed by atoms with Crippen molar-refractivity contribution in [1.29, 1.82) is 0 Å². The van der Waals surface area contributed by atoms with Gasteiger partial charge in [0.2, 0.25) is 0 Å². The van der Waals surface area contributed by atoms with Crippen molar-refractivity contribution in [3.05, 3.63) is 21.7 Å². The first kappa shape index (κ1) is 9.53. The molecule has 0 radical (unpaired) electrons. The minimum Gasteiger partial charge on any atom is -0.477 e. The Labute approximate surface area is 73.3 Å². The number of carbonyl (C=O) groups is 1. The van der Waals surface area contributed by atoms with Crippen molar-refractivity contribution in [3.8, 4) is 0 Å². The van der Waals surface area contributed by atoms with E-state index in [0.29, 0.717) is 0 Å². The van der Waals surface area contributed by atoms with Gasteiger partial charge < -0.3 is 15.4 Å². The molecule has 0 fully saturated rings. The van der Waals surface area contributed by atoms with E-state index in [2.05, 4.69) is 4.52 Å². The van der Waals surface area contributed by atoms with Crippen LogP contribution in [0.25, 0.3) is 0 Å². The number of carboxylic acid groups (broad SMARTS) is 1. The zero-order valence-corrected chi connectivity index (χ0v) is 7.25.